The number of nitrogens with one attached hydrogen (secondary N) is 2. The monoisotopic (exact) mass is 762 g/mol. The van der Waals surface area contributed by atoms with Gasteiger partial charge in [0.15, 0.2) is 5.58 Å². The van der Waals surface area contributed by atoms with E-state index in [-0.39, 0.29) is 40.8 Å². The number of carbonyl (C=O) groups excluding carboxylic acids is 4. The first-order valence-corrected chi connectivity index (χ1v) is 17.8. The Balaban J connectivity index is 0.790. The van der Waals surface area contributed by atoms with Crippen LogP contribution in [0.15, 0.2) is 88.3 Å². The van der Waals surface area contributed by atoms with Crippen LogP contribution in [0.2, 0.25) is 0 Å². The fourth-order valence-corrected chi connectivity index (χ4v) is 6.27. The number of allylic oxidation sites excluding steroid dienone is 1. The molecule has 0 spiro atoms. The molecule has 1 atom stereocenters. The molecule has 0 aliphatic carbocycles. The average molecular weight is 763 g/mol. The number of rotatable bonds is 15. The van der Waals surface area contributed by atoms with Crippen molar-refractivity contribution in [1.82, 2.24) is 29.5 Å². The van der Waals surface area contributed by atoms with E-state index >= 15 is 0 Å². The van der Waals surface area contributed by atoms with Gasteiger partial charge in [-0.05, 0) is 61.4 Å². The standard InChI is InChI=1S/C39H38N8O9/c1-23-7-12-31(38(51)45(23)2)47-37(50)26-5-4-6-27(34(26)39(47)52)40-15-16-53-17-18-54-19-20-55-25-9-10-28(41-22-25)35(49)42-24-8-13-32-30(21-24)43-36(56-32)29-11-14-33(48)46(3)44-29/h4-6,8-11,13-14,21-22,31,40H,1,7,12,15-20H2,2-3H3,(H,42,49). The molecule has 17 heteroatoms. The van der Waals surface area contributed by atoms with Gasteiger partial charge >= 0.3 is 0 Å². The van der Waals surface area contributed by atoms with E-state index in [1.165, 1.54) is 35.0 Å². The number of oxazole rings is 1. The Kier molecular flexibility index (Phi) is 11.0. The third kappa shape index (κ3) is 7.89. The molecule has 5 heterocycles. The van der Waals surface area contributed by atoms with Gasteiger partial charge in [-0.3, -0.25) is 28.9 Å². The van der Waals surface area contributed by atoms with Crippen LogP contribution in [0.5, 0.6) is 5.75 Å². The summed E-state index contributed by atoms with van der Waals surface area (Å²) < 4.78 is 23.9. The van der Waals surface area contributed by atoms with Crippen molar-refractivity contribution in [1.29, 1.82) is 0 Å². The van der Waals surface area contributed by atoms with Crippen LogP contribution in [0.1, 0.15) is 44.0 Å². The van der Waals surface area contributed by atoms with Crippen molar-refractivity contribution in [2.45, 2.75) is 18.9 Å². The summed E-state index contributed by atoms with van der Waals surface area (Å²) in [6.07, 6.45) is 2.31. The second kappa shape index (κ2) is 16.3. The highest BCUT2D eigenvalue weighted by molar-refractivity contribution is 6.25. The number of imide groups is 1. The smallest absolute Gasteiger partial charge is 0.274 e. The number of pyridine rings is 1. The topological polar surface area (TPSA) is 200 Å². The van der Waals surface area contributed by atoms with E-state index in [9.17, 15) is 24.0 Å². The van der Waals surface area contributed by atoms with Crippen LogP contribution in [0, 0.1) is 0 Å². The van der Waals surface area contributed by atoms with Crippen LogP contribution < -0.4 is 20.9 Å². The van der Waals surface area contributed by atoms with E-state index in [0.29, 0.717) is 85.4 Å². The molecule has 288 valence electrons. The number of amides is 4. The van der Waals surface area contributed by atoms with Crippen LogP contribution >= 0.6 is 0 Å². The molecule has 1 saturated heterocycles. The molecule has 56 heavy (non-hydrogen) atoms. The van der Waals surface area contributed by atoms with Gasteiger partial charge in [-0.15, -0.1) is 0 Å². The first-order valence-electron chi connectivity index (χ1n) is 17.8. The second-order valence-electron chi connectivity index (χ2n) is 12.9. The first kappa shape index (κ1) is 37.6. The number of carbonyl (C=O) groups is 4. The lowest BCUT2D eigenvalue weighted by Crippen LogP contribution is -2.52. The molecule has 17 nitrogen and oxygen atoms in total. The largest absolute Gasteiger partial charge is 0.490 e. The second-order valence-corrected chi connectivity index (χ2v) is 12.9. The Bertz CT molecular complexity index is 2390. The summed E-state index contributed by atoms with van der Waals surface area (Å²) in [5, 5.41) is 10.1. The van der Waals surface area contributed by atoms with Crippen molar-refractivity contribution in [3.63, 3.8) is 0 Å². The molecule has 0 bridgehead atoms. The maximum Gasteiger partial charge on any atom is 0.274 e. The third-order valence-corrected chi connectivity index (χ3v) is 9.28. The molecule has 5 aromatic rings. The summed E-state index contributed by atoms with van der Waals surface area (Å²) in [4.78, 5) is 75.0. The lowest BCUT2D eigenvalue weighted by atomic mass is 10.0. The van der Waals surface area contributed by atoms with Gasteiger partial charge in [-0.1, -0.05) is 12.6 Å². The Labute approximate surface area is 319 Å². The zero-order chi connectivity index (χ0) is 39.3. The minimum absolute atomic E-state index is 0.185. The van der Waals surface area contributed by atoms with E-state index < -0.39 is 23.8 Å². The number of hydrogen-bond acceptors (Lipinski definition) is 13. The van der Waals surface area contributed by atoms with Crippen molar-refractivity contribution in [3.05, 3.63) is 106 Å². The predicted molar refractivity (Wildman–Crippen MR) is 202 cm³/mol. The lowest BCUT2D eigenvalue weighted by Gasteiger charge is -2.34. The number of likely N-dealkylation sites (N-methyl/N-ethyl adjacent to an activating group) is 1. The first-order chi connectivity index (χ1) is 27.1. The summed E-state index contributed by atoms with van der Waals surface area (Å²) in [5.74, 6) is -1.00. The van der Waals surface area contributed by atoms with E-state index in [0.717, 1.165) is 4.90 Å². The van der Waals surface area contributed by atoms with Crippen LogP contribution in [0.25, 0.3) is 22.7 Å². The van der Waals surface area contributed by atoms with E-state index in [2.05, 4.69) is 32.3 Å². The SMILES string of the molecule is C=C1CCC(N2C(=O)c3cccc(NCCOCCOCCOc4ccc(C(=O)Nc5ccc6oc(-c7ccc(=O)n(C)n7)nc6c5)nc4)c3C2=O)C(=O)N1C. The zero-order valence-corrected chi connectivity index (χ0v) is 30.6. The minimum Gasteiger partial charge on any atom is -0.490 e. The molecule has 2 aliphatic heterocycles. The number of aromatic nitrogens is 4. The number of likely N-dealkylation sites (tertiary alicyclic amines) is 1. The van der Waals surface area contributed by atoms with Crippen LogP contribution in [0.3, 0.4) is 0 Å². The van der Waals surface area contributed by atoms with Gasteiger partial charge < -0.3 is 34.2 Å². The predicted octanol–water partition coefficient (Wildman–Crippen LogP) is 3.49. The van der Waals surface area contributed by atoms with Gasteiger partial charge in [0.2, 0.25) is 11.8 Å². The minimum atomic E-state index is -0.860. The molecule has 7 rings (SSSR count). The molecule has 0 saturated carbocycles. The lowest BCUT2D eigenvalue weighted by molar-refractivity contribution is -0.134. The molecule has 1 unspecified atom stereocenters. The quantitative estimate of drug-likeness (QED) is 0.116. The van der Waals surface area contributed by atoms with E-state index in [1.54, 1.807) is 55.6 Å². The number of anilines is 2. The van der Waals surface area contributed by atoms with Crippen LogP contribution in [-0.4, -0.2) is 106 Å². The number of ether oxygens (including phenoxy) is 3. The van der Waals surface area contributed by atoms with Gasteiger partial charge in [-0.25, -0.2) is 14.6 Å². The number of hydrogen-bond donors (Lipinski definition) is 2. The van der Waals surface area contributed by atoms with Crippen molar-refractivity contribution < 1.29 is 37.8 Å². The number of piperidine rings is 1. The van der Waals surface area contributed by atoms with Crippen molar-refractivity contribution in [3.8, 4) is 17.3 Å². The van der Waals surface area contributed by atoms with Gasteiger partial charge in [0.1, 0.15) is 35.3 Å². The Hall–Kier alpha value is -6.72. The molecule has 2 aliphatic rings. The van der Waals surface area contributed by atoms with Gasteiger partial charge in [0, 0.05) is 43.8 Å². The van der Waals surface area contributed by atoms with E-state index in [1.807, 2.05) is 0 Å². The molecule has 1 fully saturated rings. The third-order valence-electron chi connectivity index (χ3n) is 9.28. The zero-order valence-electron chi connectivity index (χ0n) is 30.6. The number of aryl methyl sites for hydroxylation is 1. The Morgan fingerprint density at radius 2 is 1.75 bits per heavy atom. The highest BCUT2D eigenvalue weighted by Crippen LogP contribution is 2.34. The fourth-order valence-electron chi connectivity index (χ4n) is 6.27. The van der Waals surface area contributed by atoms with Crippen molar-refractivity contribution >= 4 is 46.1 Å². The average Bonchev–Trinajstić information content (AvgIpc) is 3.74. The molecule has 2 aromatic carbocycles. The molecule has 4 amide bonds. The van der Waals surface area contributed by atoms with Crippen LogP contribution in [-0.2, 0) is 21.3 Å². The van der Waals surface area contributed by atoms with Gasteiger partial charge in [0.05, 0.1) is 43.8 Å². The van der Waals surface area contributed by atoms with E-state index in [4.69, 9.17) is 18.6 Å². The van der Waals surface area contributed by atoms with Gasteiger partial charge in [0.25, 0.3) is 23.3 Å². The van der Waals surface area contributed by atoms with Crippen molar-refractivity contribution in [2.24, 2.45) is 7.05 Å². The molecular weight excluding hydrogens is 724 g/mol. The fraction of sp³-hybridized carbons (Fsp3) is 0.282. The molecule has 0 radical (unpaired) electrons. The molecular formula is C39H38N8O9. The highest BCUT2D eigenvalue weighted by atomic mass is 16.5. The Morgan fingerprint density at radius 3 is 2.54 bits per heavy atom. The van der Waals surface area contributed by atoms with Gasteiger partial charge in [-0.2, -0.15) is 5.10 Å². The number of nitrogens with zero attached hydrogens (tertiary/aromatic N) is 6. The maximum atomic E-state index is 13.4. The molecule has 2 N–H and O–H groups in total. The molecule has 3 aromatic heterocycles. The normalized spacial score (nSPS) is 15.4. The maximum absolute atomic E-state index is 13.4. The Morgan fingerprint density at radius 1 is 0.946 bits per heavy atom. The summed E-state index contributed by atoms with van der Waals surface area (Å²) in [5.41, 5.74) is 3.50. The highest BCUT2D eigenvalue weighted by Gasteiger charge is 2.46. The summed E-state index contributed by atoms with van der Waals surface area (Å²) in [6, 6.07) is 15.3. The summed E-state index contributed by atoms with van der Waals surface area (Å²) >= 11 is 0. The summed E-state index contributed by atoms with van der Waals surface area (Å²) in [6.45, 7) is 5.77. The number of benzene rings is 2. The number of fused-ring (bicyclic) bond motifs is 2. The van der Waals surface area contributed by atoms with Crippen LogP contribution in [0.4, 0.5) is 11.4 Å². The van der Waals surface area contributed by atoms with Crippen molar-refractivity contribution in [2.75, 3.05) is 57.3 Å². The summed E-state index contributed by atoms with van der Waals surface area (Å²) in [7, 11) is 3.14.